The zero-order valence-corrected chi connectivity index (χ0v) is 15.2. The standard InChI is InChI=1S/C19H16N4O6/c20-17-16-9(18(26)21-19(16)27)5-15(25)23(17)11-7-13-12(28-8-29-13)6-10(11)22-4-2-1-3-14(22)24/h5-7H,1-4,8,20H2,(H,21,26,27). The van der Waals surface area contributed by atoms with Crippen LogP contribution in [0.25, 0.3) is 5.69 Å². The molecule has 148 valence electrons. The van der Waals surface area contributed by atoms with E-state index in [1.165, 1.54) is 0 Å². The summed E-state index contributed by atoms with van der Waals surface area (Å²) in [4.78, 5) is 51.1. The highest BCUT2D eigenvalue weighted by atomic mass is 16.7. The van der Waals surface area contributed by atoms with E-state index < -0.39 is 17.4 Å². The molecule has 0 bridgehead atoms. The number of nitrogen functional groups attached to an aromatic ring is 1. The first kappa shape index (κ1) is 17.3. The lowest BCUT2D eigenvalue weighted by atomic mass is 10.1. The van der Waals surface area contributed by atoms with Gasteiger partial charge in [-0.15, -0.1) is 0 Å². The molecule has 0 aliphatic carbocycles. The molecular weight excluding hydrogens is 380 g/mol. The van der Waals surface area contributed by atoms with E-state index in [2.05, 4.69) is 5.32 Å². The number of amides is 3. The molecule has 0 spiro atoms. The third-order valence-corrected chi connectivity index (χ3v) is 5.28. The lowest BCUT2D eigenvalue weighted by Crippen LogP contribution is -2.36. The van der Waals surface area contributed by atoms with Gasteiger partial charge in [0.15, 0.2) is 11.5 Å². The fourth-order valence-electron chi connectivity index (χ4n) is 3.90. The van der Waals surface area contributed by atoms with Crippen molar-refractivity contribution in [3.05, 3.63) is 39.7 Å². The summed E-state index contributed by atoms with van der Waals surface area (Å²) < 4.78 is 12.0. The van der Waals surface area contributed by atoms with Crippen molar-refractivity contribution in [2.24, 2.45) is 0 Å². The Kier molecular flexibility index (Phi) is 3.63. The predicted octanol–water partition coefficient (Wildman–Crippen LogP) is 0.549. The van der Waals surface area contributed by atoms with E-state index in [1.54, 1.807) is 17.0 Å². The molecule has 3 aliphatic rings. The van der Waals surface area contributed by atoms with Gasteiger partial charge in [-0.2, -0.15) is 0 Å². The Morgan fingerprint density at radius 2 is 1.66 bits per heavy atom. The Hall–Kier alpha value is -3.82. The smallest absolute Gasteiger partial charge is 0.262 e. The molecule has 10 nitrogen and oxygen atoms in total. The maximum Gasteiger partial charge on any atom is 0.262 e. The lowest BCUT2D eigenvalue weighted by molar-refractivity contribution is -0.119. The van der Waals surface area contributed by atoms with Crippen molar-refractivity contribution in [2.75, 3.05) is 24.0 Å². The van der Waals surface area contributed by atoms with Crippen molar-refractivity contribution >= 4 is 29.2 Å². The zero-order valence-electron chi connectivity index (χ0n) is 15.2. The molecule has 1 fully saturated rings. The van der Waals surface area contributed by atoms with Gasteiger partial charge in [0.1, 0.15) is 5.82 Å². The number of ether oxygens (including phenoxy) is 2. The minimum atomic E-state index is -0.674. The second kappa shape index (κ2) is 6.09. The average Bonchev–Trinajstić information content (AvgIpc) is 3.25. The monoisotopic (exact) mass is 396 g/mol. The van der Waals surface area contributed by atoms with E-state index in [0.29, 0.717) is 30.2 Å². The summed E-state index contributed by atoms with van der Waals surface area (Å²) in [5.41, 5.74) is 6.15. The molecule has 3 amide bonds. The third-order valence-electron chi connectivity index (χ3n) is 5.28. The molecule has 10 heteroatoms. The van der Waals surface area contributed by atoms with Crippen LogP contribution in [-0.4, -0.2) is 35.6 Å². The molecule has 29 heavy (non-hydrogen) atoms. The number of anilines is 2. The van der Waals surface area contributed by atoms with E-state index >= 15 is 0 Å². The van der Waals surface area contributed by atoms with Gasteiger partial charge in [0, 0.05) is 31.2 Å². The number of hydrogen-bond donors (Lipinski definition) is 2. The first-order valence-corrected chi connectivity index (χ1v) is 9.11. The second-order valence-electron chi connectivity index (χ2n) is 6.97. The van der Waals surface area contributed by atoms with E-state index in [4.69, 9.17) is 15.2 Å². The number of carbonyl (C=O) groups is 3. The number of pyridine rings is 1. The number of carbonyl (C=O) groups excluding carboxylic acids is 3. The van der Waals surface area contributed by atoms with Crippen LogP contribution >= 0.6 is 0 Å². The van der Waals surface area contributed by atoms with Crippen LogP contribution in [0.4, 0.5) is 11.5 Å². The highest BCUT2D eigenvalue weighted by Crippen LogP contribution is 2.41. The number of piperidine rings is 1. The number of imide groups is 1. The van der Waals surface area contributed by atoms with E-state index in [9.17, 15) is 19.2 Å². The molecule has 4 heterocycles. The number of aromatic nitrogens is 1. The van der Waals surface area contributed by atoms with Gasteiger partial charge in [-0.25, -0.2) is 0 Å². The van der Waals surface area contributed by atoms with Gasteiger partial charge in [0.05, 0.1) is 22.5 Å². The first-order valence-electron chi connectivity index (χ1n) is 9.11. The minimum Gasteiger partial charge on any atom is -0.454 e. The summed E-state index contributed by atoms with van der Waals surface area (Å²) in [7, 11) is 0. The molecule has 0 atom stereocenters. The van der Waals surface area contributed by atoms with Crippen molar-refractivity contribution in [2.45, 2.75) is 19.3 Å². The number of nitrogens with zero attached hydrogens (tertiary/aromatic N) is 2. The van der Waals surface area contributed by atoms with E-state index in [1.807, 2.05) is 0 Å². The van der Waals surface area contributed by atoms with Gasteiger partial charge in [0.25, 0.3) is 17.4 Å². The van der Waals surface area contributed by atoms with Crippen molar-refractivity contribution in [1.29, 1.82) is 0 Å². The van der Waals surface area contributed by atoms with Crippen LogP contribution in [0.2, 0.25) is 0 Å². The largest absolute Gasteiger partial charge is 0.454 e. The predicted molar refractivity (Wildman–Crippen MR) is 101 cm³/mol. The van der Waals surface area contributed by atoms with Gasteiger partial charge >= 0.3 is 0 Å². The van der Waals surface area contributed by atoms with Gasteiger partial charge < -0.3 is 20.1 Å². The maximum atomic E-state index is 12.9. The maximum absolute atomic E-state index is 12.9. The summed E-state index contributed by atoms with van der Waals surface area (Å²) in [6.45, 7) is 0.488. The molecular formula is C19H16N4O6. The number of benzene rings is 1. The molecule has 5 rings (SSSR count). The van der Waals surface area contributed by atoms with Gasteiger partial charge in [-0.3, -0.25) is 29.1 Å². The highest BCUT2D eigenvalue weighted by molar-refractivity contribution is 6.23. The minimum absolute atomic E-state index is 0.0116. The molecule has 3 N–H and O–H groups in total. The number of hydrogen-bond acceptors (Lipinski definition) is 7. The zero-order chi connectivity index (χ0) is 20.3. The van der Waals surface area contributed by atoms with Crippen LogP contribution < -0.4 is 31.0 Å². The first-order chi connectivity index (χ1) is 14.0. The Morgan fingerprint density at radius 1 is 0.931 bits per heavy atom. The molecule has 2 aromatic rings. The summed E-state index contributed by atoms with van der Waals surface area (Å²) in [5, 5.41) is 2.14. The fourth-order valence-corrected chi connectivity index (χ4v) is 3.90. The Bertz CT molecular complexity index is 1170. The lowest BCUT2D eigenvalue weighted by Gasteiger charge is -2.29. The number of rotatable bonds is 2. The molecule has 0 unspecified atom stereocenters. The summed E-state index contributed by atoms with van der Waals surface area (Å²) in [6.07, 6.45) is 1.99. The van der Waals surface area contributed by atoms with Crippen LogP contribution in [0.3, 0.4) is 0 Å². The van der Waals surface area contributed by atoms with E-state index in [0.717, 1.165) is 23.5 Å². The van der Waals surface area contributed by atoms with Crippen LogP contribution in [0.15, 0.2) is 23.0 Å². The Balaban J connectivity index is 1.78. The number of nitrogens with two attached hydrogens (primary N) is 1. The highest BCUT2D eigenvalue weighted by Gasteiger charge is 2.34. The molecule has 1 aromatic heterocycles. The van der Waals surface area contributed by atoms with Crippen LogP contribution in [0.5, 0.6) is 11.5 Å². The topological polar surface area (TPSA) is 133 Å². The molecule has 0 saturated carbocycles. The van der Waals surface area contributed by atoms with Gasteiger partial charge in [-0.05, 0) is 12.8 Å². The molecule has 1 saturated heterocycles. The Labute approximate surface area is 163 Å². The van der Waals surface area contributed by atoms with Crippen LogP contribution in [0, 0.1) is 0 Å². The number of nitrogens with one attached hydrogen (secondary N) is 1. The van der Waals surface area contributed by atoms with Crippen molar-refractivity contribution < 1.29 is 23.9 Å². The van der Waals surface area contributed by atoms with Crippen molar-refractivity contribution in [3.8, 4) is 17.2 Å². The van der Waals surface area contributed by atoms with Crippen LogP contribution in [0.1, 0.15) is 40.0 Å². The Morgan fingerprint density at radius 3 is 2.38 bits per heavy atom. The van der Waals surface area contributed by atoms with E-state index in [-0.39, 0.29) is 35.3 Å². The molecule has 0 radical (unpaired) electrons. The average molecular weight is 396 g/mol. The molecule has 1 aromatic carbocycles. The summed E-state index contributed by atoms with van der Waals surface area (Å²) in [5.74, 6) is -0.772. The van der Waals surface area contributed by atoms with Gasteiger partial charge in [0.2, 0.25) is 12.7 Å². The summed E-state index contributed by atoms with van der Waals surface area (Å²) >= 11 is 0. The second-order valence-corrected chi connectivity index (χ2v) is 6.97. The van der Waals surface area contributed by atoms with Crippen molar-refractivity contribution in [3.63, 3.8) is 0 Å². The fraction of sp³-hybridized carbons (Fsp3) is 0.263. The number of fused-ring (bicyclic) bond motifs is 2. The molecule has 3 aliphatic heterocycles. The van der Waals surface area contributed by atoms with Crippen LogP contribution in [-0.2, 0) is 4.79 Å². The van der Waals surface area contributed by atoms with Crippen molar-refractivity contribution in [1.82, 2.24) is 9.88 Å². The third kappa shape index (κ3) is 2.49. The quantitative estimate of drug-likeness (QED) is 0.708. The van der Waals surface area contributed by atoms with Gasteiger partial charge in [-0.1, -0.05) is 0 Å². The normalized spacial score (nSPS) is 17.5. The summed E-state index contributed by atoms with van der Waals surface area (Å²) in [6, 6.07) is 4.25. The SMILES string of the molecule is Nc1c2c(cc(=O)n1-c1cc3c(cc1N1CCCCC1=O)OCO3)C(=O)NC2=O.